The number of halogens is 1. The summed E-state index contributed by atoms with van der Waals surface area (Å²) in [5.41, 5.74) is 5.80. The molecule has 0 saturated heterocycles. The summed E-state index contributed by atoms with van der Waals surface area (Å²) >= 11 is 5.72. The highest BCUT2D eigenvalue weighted by atomic mass is 79.9. The van der Waals surface area contributed by atoms with Crippen LogP contribution in [-0.2, 0) is 5.41 Å². The molecule has 0 fully saturated rings. The Kier molecular flexibility index (Phi) is 3.77. The highest BCUT2D eigenvalue weighted by Crippen LogP contribution is 2.61. The van der Waals surface area contributed by atoms with E-state index in [1.165, 1.54) is 37.2 Å². The smallest absolute Gasteiger partial charge is 0.0911 e. The number of fused-ring (bicyclic) bond motifs is 5. The van der Waals surface area contributed by atoms with Crippen LogP contribution in [-0.4, -0.2) is 4.98 Å². The monoisotopic (exact) mass is 453 g/mol. The fraction of sp³-hybridized carbons (Fsp3) is 0.0385. The number of nitrogens with zero attached hydrogens (tertiary/aromatic N) is 1. The van der Waals surface area contributed by atoms with E-state index in [-0.39, 0.29) is 0 Å². The van der Waals surface area contributed by atoms with E-state index in [2.05, 4.69) is 101 Å². The fourth-order valence-electron chi connectivity index (χ4n) is 4.78. The Morgan fingerprint density at radius 1 is 0.759 bits per heavy atom. The first-order chi connectivity index (χ1) is 14.3. The predicted octanol–water partition coefficient (Wildman–Crippen LogP) is 7.42. The maximum absolute atomic E-state index is 4.95. The van der Waals surface area contributed by atoms with E-state index < -0.39 is 5.41 Å². The first kappa shape index (κ1) is 17.1. The van der Waals surface area contributed by atoms with E-state index in [1.807, 2.05) is 23.6 Å². The summed E-state index contributed by atoms with van der Waals surface area (Å²) in [5, 5.41) is 1.31. The highest BCUT2D eigenvalue weighted by molar-refractivity contribution is 9.10. The molecule has 2 heterocycles. The number of rotatable bonds is 2. The molecule has 0 spiro atoms. The molecule has 5 aromatic rings. The number of thiophene rings is 1. The molecule has 2 aromatic heterocycles. The van der Waals surface area contributed by atoms with Gasteiger partial charge in [0.25, 0.3) is 0 Å². The molecule has 1 aliphatic rings. The van der Waals surface area contributed by atoms with Gasteiger partial charge >= 0.3 is 0 Å². The third-order valence-electron chi connectivity index (χ3n) is 5.87. The lowest BCUT2D eigenvalue weighted by Crippen LogP contribution is -2.30. The lowest BCUT2D eigenvalue weighted by molar-refractivity contribution is 0.736. The maximum Gasteiger partial charge on any atom is 0.0911 e. The van der Waals surface area contributed by atoms with E-state index in [0.29, 0.717) is 0 Å². The van der Waals surface area contributed by atoms with E-state index in [1.54, 1.807) is 0 Å². The second-order valence-electron chi connectivity index (χ2n) is 7.30. The molecule has 29 heavy (non-hydrogen) atoms. The van der Waals surface area contributed by atoms with Crippen molar-refractivity contribution in [3.63, 3.8) is 0 Å². The molecule has 0 aliphatic heterocycles. The predicted molar refractivity (Wildman–Crippen MR) is 125 cm³/mol. The molecule has 1 unspecified atom stereocenters. The molecule has 0 bridgehead atoms. The second-order valence-corrected chi connectivity index (χ2v) is 9.20. The fourth-order valence-corrected chi connectivity index (χ4v) is 6.63. The van der Waals surface area contributed by atoms with Gasteiger partial charge in [0.1, 0.15) is 0 Å². The molecular weight excluding hydrogens is 438 g/mol. The van der Waals surface area contributed by atoms with Crippen molar-refractivity contribution >= 4 is 37.4 Å². The summed E-state index contributed by atoms with van der Waals surface area (Å²) in [6.45, 7) is 0. The Hall–Kier alpha value is -2.75. The highest BCUT2D eigenvalue weighted by Gasteiger charge is 2.50. The first-order valence-electron chi connectivity index (χ1n) is 9.60. The van der Waals surface area contributed by atoms with Crippen LogP contribution in [0, 0.1) is 0 Å². The zero-order valence-electron chi connectivity index (χ0n) is 15.5. The SMILES string of the molecule is Brc1cccnc1C1(c2ccccc2)c2ccccc2-c2sc3ccccc3c21. The quantitative estimate of drug-likeness (QED) is 0.265. The third kappa shape index (κ3) is 2.23. The van der Waals surface area contributed by atoms with Crippen molar-refractivity contribution in [2.75, 3.05) is 0 Å². The van der Waals surface area contributed by atoms with Crippen LogP contribution in [0.4, 0.5) is 0 Å². The van der Waals surface area contributed by atoms with Gasteiger partial charge in [-0.3, -0.25) is 4.98 Å². The Morgan fingerprint density at radius 2 is 1.52 bits per heavy atom. The number of hydrogen-bond acceptors (Lipinski definition) is 2. The molecule has 0 radical (unpaired) electrons. The van der Waals surface area contributed by atoms with Crippen molar-refractivity contribution in [3.8, 4) is 10.4 Å². The Morgan fingerprint density at radius 3 is 2.38 bits per heavy atom. The lowest BCUT2D eigenvalue weighted by Gasteiger charge is -2.33. The van der Waals surface area contributed by atoms with Gasteiger partial charge in [-0.2, -0.15) is 0 Å². The maximum atomic E-state index is 4.95. The van der Waals surface area contributed by atoms with Gasteiger partial charge in [0.15, 0.2) is 0 Å². The Balaban J connectivity index is 1.88. The topological polar surface area (TPSA) is 12.9 Å². The number of aromatic nitrogens is 1. The summed E-state index contributed by atoms with van der Waals surface area (Å²) in [5.74, 6) is 0. The summed E-state index contributed by atoms with van der Waals surface area (Å²) in [4.78, 5) is 6.30. The van der Waals surface area contributed by atoms with Crippen LogP contribution in [0.5, 0.6) is 0 Å². The lowest BCUT2D eigenvalue weighted by atomic mass is 9.69. The molecule has 1 aliphatic carbocycles. The molecule has 3 heteroatoms. The normalized spacial score (nSPS) is 17.3. The van der Waals surface area contributed by atoms with Gasteiger partial charge in [0.2, 0.25) is 0 Å². The Labute approximate surface area is 181 Å². The van der Waals surface area contributed by atoms with Gasteiger partial charge in [-0.05, 0) is 61.8 Å². The van der Waals surface area contributed by atoms with Crippen LogP contribution in [0.25, 0.3) is 20.5 Å². The van der Waals surface area contributed by atoms with Crippen LogP contribution >= 0.6 is 27.3 Å². The van der Waals surface area contributed by atoms with Gasteiger partial charge in [-0.1, -0.05) is 72.8 Å². The van der Waals surface area contributed by atoms with Crippen LogP contribution in [0.1, 0.15) is 22.4 Å². The average molecular weight is 454 g/mol. The molecule has 1 nitrogen and oxygen atoms in total. The van der Waals surface area contributed by atoms with Crippen LogP contribution in [0.2, 0.25) is 0 Å². The molecule has 3 aromatic carbocycles. The summed E-state index contributed by atoms with van der Waals surface area (Å²) in [6, 6.07) is 32.5. The van der Waals surface area contributed by atoms with Crippen molar-refractivity contribution in [2.45, 2.75) is 5.41 Å². The van der Waals surface area contributed by atoms with Crippen molar-refractivity contribution in [1.29, 1.82) is 0 Å². The molecule has 6 rings (SSSR count). The number of benzene rings is 3. The average Bonchev–Trinajstić information content (AvgIpc) is 3.29. The van der Waals surface area contributed by atoms with Gasteiger partial charge in [-0.25, -0.2) is 0 Å². The summed E-state index contributed by atoms with van der Waals surface area (Å²) in [6.07, 6.45) is 1.90. The van der Waals surface area contributed by atoms with Crippen molar-refractivity contribution in [2.24, 2.45) is 0 Å². The van der Waals surface area contributed by atoms with E-state index in [4.69, 9.17) is 4.98 Å². The van der Waals surface area contributed by atoms with E-state index in [9.17, 15) is 0 Å². The third-order valence-corrected chi connectivity index (χ3v) is 7.71. The molecule has 0 saturated carbocycles. The van der Waals surface area contributed by atoms with Gasteiger partial charge in [-0.15, -0.1) is 11.3 Å². The van der Waals surface area contributed by atoms with Crippen molar-refractivity contribution in [3.05, 3.63) is 124 Å². The minimum Gasteiger partial charge on any atom is -0.258 e. The minimum absolute atomic E-state index is 0.452. The number of hydrogen-bond donors (Lipinski definition) is 0. The molecular formula is C26H16BrNS. The van der Waals surface area contributed by atoms with Crippen molar-refractivity contribution in [1.82, 2.24) is 4.98 Å². The minimum atomic E-state index is -0.452. The van der Waals surface area contributed by atoms with Crippen LogP contribution in [0.3, 0.4) is 0 Å². The van der Waals surface area contributed by atoms with Gasteiger partial charge < -0.3 is 0 Å². The molecule has 1 atom stereocenters. The molecule has 0 N–H and O–H groups in total. The molecule has 138 valence electrons. The van der Waals surface area contributed by atoms with Gasteiger partial charge in [0.05, 0.1) is 11.1 Å². The standard InChI is InChI=1S/C26H16BrNS/c27-21-14-8-16-28-25(21)26(17-9-2-1-3-10-17)20-13-6-4-11-18(20)24-23(26)19-12-5-7-15-22(19)29-24/h1-16H. The second kappa shape index (κ2) is 6.38. The van der Waals surface area contributed by atoms with Crippen LogP contribution < -0.4 is 0 Å². The van der Waals surface area contributed by atoms with E-state index in [0.717, 1.165) is 10.2 Å². The zero-order chi connectivity index (χ0) is 19.4. The van der Waals surface area contributed by atoms with Crippen LogP contribution in [0.15, 0.2) is 102 Å². The number of pyridine rings is 1. The van der Waals surface area contributed by atoms with Crippen molar-refractivity contribution < 1.29 is 0 Å². The first-order valence-corrected chi connectivity index (χ1v) is 11.2. The summed E-state index contributed by atoms with van der Waals surface area (Å²) in [7, 11) is 0. The summed E-state index contributed by atoms with van der Waals surface area (Å²) < 4.78 is 2.35. The Bertz CT molecular complexity index is 1370. The van der Waals surface area contributed by atoms with E-state index >= 15 is 0 Å². The molecule has 0 amide bonds. The largest absolute Gasteiger partial charge is 0.258 e. The van der Waals surface area contributed by atoms with Gasteiger partial charge in [0, 0.05) is 20.2 Å². The zero-order valence-corrected chi connectivity index (χ0v) is 17.9.